The van der Waals surface area contributed by atoms with Gasteiger partial charge in [0.1, 0.15) is 12.4 Å². The Kier molecular flexibility index (Phi) is 5.62. The quantitative estimate of drug-likeness (QED) is 0.798. The zero-order valence-corrected chi connectivity index (χ0v) is 13.3. The summed E-state index contributed by atoms with van der Waals surface area (Å²) in [5, 5.41) is 7.74. The van der Waals surface area contributed by atoms with Gasteiger partial charge in [0.15, 0.2) is 0 Å². The lowest BCUT2D eigenvalue weighted by molar-refractivity contribution is 0.300. The highest BCUT2D eigenvalue weighted by molar-refractivity contribution is 7.07. The molecule has 108 valence electrons. The topological polar surface area (TPSA) is 21.3 Å². The van der Waals surface area contributed by atoms with Crippen molar-refractivity contribution in [3.05, 3.63) is 51.7 Å². The molecule has 0 aliphatic heterocycles. The first-order chi connectivity index (χ1) is 9.70. The first-order valence-electron chi connectivity index (χ1n) is 7.18. The predicted molar refractivity (Wildman–Crippen MR) is 86.5 cm³/mol. The maximum atomic E-state index is 6.03. The second-order valence-electron chi connectivity index (χ2n) is 5.14. The van der Waals surface area contributed by atoms with E-state index in [4.69, 9.17) is 4.74 Å². The van der Waals surface area contributed by atoms with E-state index in [-0.39, 0.29) is 0 Å². The Balaban J connectivity index is 2.10. The molecule has 2 rings (SSSR count). The standard InChI is InChI=1S/C17H23NOS/c1-4-8-18-14(3)16-6-5-13(2)10-17(16)19-11-15-7-9-20-12-15/h5-7,9-10,12,14,18H,4,8,11H2,1-3H3. The molecule has 20 heavy (non-hydrogen) atoms. The second-order valence-corrected chi connectivity index (χ2v) is 5.92. The van der Waals surface area contributed by atoms with Gasteiger partial charge >= 0.3 is 0 Å². The lowest BCUT2D eigenvalue weighted by Crippen LogP contribution is -2.20. The van der Waals surface area contributed by atoms with Crippen molar-refractivity contribution in [3.8, 4) is 5.75 Å². The first-order valence-corrected chi connectivity index (χ1v) is 8.12. The molecule has 1 unspecified atom stereocenters. The largest absolute Gasteiger partial charge is 0.489 e. The summed E-state index contributed by atoms with van der Waals surface area (Å²) < 4.78 is 6.03. The zero-order valence-electron chi connectivity index (χ0n) is 12.5. The van der Waals surface area contributed by atoms with Gasteiger partial charge in [-0.3, -0.25) is 0 Å². The summed E-state index contributed by atoms with van der Waals surface area (Å²) in [5.74, 6) is 0.993. The van der Waals surface area contributed by atoms with Crippen LogP contribution in [-0.4, -0.2) is 6.54 Å². The van der Waals surface area contributed by atoms with Gasteiger partial charge in [-0.15, -0.1) is 0 Å². The van der Waals surface area contributed by atoms with E-state index in [0.29, 0.717) is 12.6 Å². The Morgan fingerprint density at radius 2 is 2.15 bits per heavy atom. The fourth-order valence-corrected chi connectivity index (χ4v) is 2.78. The fraction of sp³-hybridized carbons (Fsp3) is 0.412. The van der Waals surface area contributed by atoms with Crippen molar-refractivity contribution >= 4 is 11.3 Å². The van der Waals surface area contributed by atoms with Gasteiger partial charge in [-0.25, -0.2) is 0 Å². The van der Waals surface area contributed by atoms with Crippen LogP contribution in [0.3, 0.4) is 0 Å². The summed E-state index contributed by atoms with van der Waals surface area (Å²) in [4.78, 5) is 0. The molecule has 3 heteroatoms. The Bertz CT molecular complexity index is 522. The van der Waals surface area contributed by atoms with Crippen LogP contribution in [0.25, 0.3) is 0 Å². The third-order valence-corrected chi connectivity index (χ3v) is 4.04. The number of hydrogen-bond donors (Lipinski definition) is 1. The summed E-state index contributed by atoms with van der Waals surface area (Å²) in [5.41, 5.74) is 3.70. The third kappa shape index (κ3) is 4.09. The SMILES string of the molecule is CCCNC(C)c1ccc(C)cc1OCc1ccsc1. The van der Waals surface area contributed by atoms with E-state index < -0.39 is 0 Å². The predicted octanol–water partition coefficient (Wildman–Crippen LogP) is 4.70. The molecule has 1 aromatic heterocycles. The molecule has 0 amide bonds. The first kappa shape index (κ1) is 15.1. The van der Waals surface area contributed by atoms with Crippen LogP contribution < -0.4 is 10.1 Å². The maximum Gasteiger partial charge on any atom is 0.124 e. The highest BCUT2D eigenvalue weighted by Gasteiger charge is 2.11. The van der Waals surface area contributed by atoms with Gasteiger partial charge in [0.05, 0.1) is 0 Å². The smallest absolute Gasteiger partial charge is 0.124 e. The molecule has 0 bridgehead atoms. The molecule has 1 aromatic carbocycles. The van der Waals surface area contributed by atoms with E-state index in [9.17, 15) is 0 Å². The molecule has 2 nitrogen and oxygen atoms in total. The van der Waals surface area contributed by atoms with Crippen LogP contribution >= 0.6 is 11.3 Å². The number of rotatable bonds is 7. The van der Waals surface area contributed by atoms with Crippen molar-refractivity contribution in [2.75, 3.05) is 6.54 Å². The molecule has 0 saturated carbocycles. The molecule has 0 aliphatic carbocycles. The average Bonchev–Trinajstić information content (AvgIpc) is 2.96. The van der Waals surface area contributed by atoms with Crippen molar-refractivity contribution in [2.24, 2.45) is 0 Å². The molecule has 0 fully saturated rings. The third-order valence-electron chi connectivity index (χ3n) is 3.31. The van der Waals surface area contributed by atoms with E-state index in [0.717, 1.165) is 18.7 Å². The van der Waals surface area contributed by atoms with Gasteiger partial charge in [-0.2, -0.15) is 11.3 Å². The zero-order chi connectivity index (χ0) is 14.4. The molecule has 2 aromatic rings. The van der Waals surface area contributed by atoms with Gasteiger partial charge in [0.2, 0.25) is 0 Å². The fourth-order valence-electron chi connectivity index (χ4n) is 2.13. The monoisotopic (exact) mass is 289 g/mol. The minimum Gasteiger partial charge on any atom is -0.489 e. The minimum atomic E-state index is 0.313. The van der Waals surface area contributed by atoms with Gasteiger partial charge < -0.3 is 10.1 Å². The van der Waals surface area contributed by atoms with Crippen LogP contribution in [0, 0.1) is 6.92 Å². The van der Waals surface area contributed by atoms with Gasteiger partial charge in [-0.05, 0) is 60.8 Å². The normalized spacial score (nSPS) is 12.3. The lowest BCUT2D eigenvalue weighted by atomic mass is 10.0. The summed E-state index contributed by atoms with van der Waals surface area (Å²) in [6, 6.07) is 8.88. The van der Waals surface area contributed by atoms with Crippen LogP contribution in [0.4, 0.5) is 0 Å². The molecule has 0 saturated heterocycles. The van der Waals surface area contributed by atoms with Crippen molar-refractivity contribution in [3.63, 3.8) is 0 Å². The van der Waals surface area contributed by atoms with Gasteiger partial charge in [0.25, 0.3) is 0 Å². The number of benzene rings is 1. The Labute approximate surface area is 125 Å². The molecule has 0 spiro atoms. The van der Waals surface area contributed by atoms with Crippen molar-refractivity contribution < 1.29 is 4.74 Å². The summed E-state index contributed by atoms with van der Waals surface area (Å²) >= 11 is 1.71. The molecular formula is C17H23NOS. The average molecular weight is 289 g/mol. The lowest BCUT2D eigenvalue weighted by Gasteiger charge is -2.18. The van der Waals surface area contributed by atoms with E-state index in [2.05, 4.69) is 61.1 Å². The van der Waals surface area contributed by atoms with Crippen LogP contribution in [0.5, 0.6) is 5.75 Å². The number of thiophene rings is 1. The Hall–Kier alpha value is -1.32. The van der Waals surface area contributed by atoms with E-state index in [1.807, 2.05) is 0 Å². The summed E-state index contributed by atoms with van der Waals surface area (Å²) in [6.07, 6.45) is 1.14. The minimum absolute atomic E-state index is 0.313. The highest BCUT2D eigenvalue weighted by atomic mass is 32.1. The van der Waals surface area contributed by atoms with E-state index >= 15 is 0 Å². The summed E-state index contributed by atoms with van der Waals surface area (Å²) in [6.45, 7) is 8.14. The van der Waals surface area contributed by atoms with E-state index in [1.54, 1.807) is 11.3 Å². The number of nitrogens with one attached hydrogen (secondary N) is 1. The van der Waals surface area contributed by atoms with Crippen molar-refractivity contribution in [2.45, 2.75) is 39.8 Å². The molecule has 1 heterocycles. The van der Waals surface area contributed by atoms with Crippen LogP contribution in [-0.2, 0) is 6.61 Å². The maximum absolute atomic E-state index is 6.03. The Morgan fingerprint density at radius 3 is 2.85 bits per heavy atom. The highest BCUT2D eigenvalue weighted by Crippen LogP contribution is 2.27. The number of hydrogen-bond acceptors (Lipinski definition) is 3. The van der Waals surface area contributed by atoms with Gasteiger partial charge in [-0.1, -0.05) is 19.1 Å². The molecule has 1 atom stereocenters. The Morgan fingerprint density at radius 1 is 1.30 bits per heavy atom. The second kappa shape index (κ2) is 7.46. The van der Waals surface area contributed by atoms with E-state index in [1.165, 1.54) is 16.7 Å². The summed E-state index contributed by atoms with van der Waals surface area (Å²) in [7, 11) is 0. The molecular weight excluding hydrogens is 266 g/mol. The number of ether oxygens (including phenoxy) is 1. The number of aryl methyl sites for hydroxylation is 1. The van der Waals surface area contributed by atoms with Crippen LogP contribution in [0.1, 0.15) is 43.0 Å². The molecule has 1 N–H and O–H groups in total. The van der Waals surface area contributed by atoms with Crippen molar-refractivity contribution in [1.82, 2.24) is 5.32 Å². The molecule has 0 aliphatic rings. The molecule has 0 radical (unpaired) electrons. The van der Waals surface area contributed by atoms with Crippen molar-refractivity contribution in [1.29, 1.82) is 0 Å². The van der Waals surface area contributed by atoms with Crippen LogP contribution in [0.15, 0.2) is 35.0 Å². The van der Waals surface area contributed by atoms with Gasteiger partial charge in [0, 0.05) is 11.6 Å². The van der Waals surface area contributed by atoms with Crippen LogP contribution in [0.2, 0.25) is 0 Å².